The molecule has 3 nitrogen and oxygen atoms in total. The highest BCUT2D eigenvalue weighted by Gasteiger charge is 2.27. The van der Waals surface area contributed by atoms with Gasteiger partial charge in [0.1, 0.15) is 0 Å². The summed E-state index contributed by atoms with van der Waals surface area (Å²) in [6.45, 7) is 3.35. The van der Waals surface area contributed by atoms with Crippen LogP contribution in [0.4, 0.5) is 0 Å². The largest absolute Gasteiger partial charge is 0.388 e. The number of carbonyl (C=O) groups is 1. The lowest BCUT2D eigenvalue weighted by Crippen LogP contribution is -2.38. The van der Waals surface area contributed by atoms with Gasteiger partial charge < -0.3 is 10.0 Å². The second-order valence-corrected chi connectivity index (χ2v) is 5.40. The van der Waals surface area contributed by atoms with E-state index in [-0.39, 0.29) is 11.8 Å². The summed E-state index contributed by atoms with van der Waals surface area (Å²) >= 11 is 0. The molecule has 0 bridgehead atoms. The third-order valence-corrected chi connectivity index (χ3v) is 3.98. The number of aliphatic hydroxyl groups is 1. The van der Waals surface area contributed by atoms with Gasteiger partial charge in [-0.25, -0.2) is 0 Å². The number of carbonyl (C=O) groups excluding carboxylic acids is 1. The van der Waals surface area contributed by atoms with E-state index in [9.17, 15) is 9.90 Å². The Morgan fingerprint density at radius 1 is 1.24 bits per heavy atom. The maximum absolute atomic E-state index is 12.0. The first-order chi connectivity index (χ1) is 10.2. The van der Waals surface area contributed by atoms with E-state index >= 15 is 0 Å². The lowest BCUT2D eigenvalue weighted by Gasteiger charge is -2.33. The highest BCUT2D eigenvalue weighted by atomic mass is 16.3. The molecule has 0 radical (unpaired) electrons. The molecule has 112 valence electrons. The number of piperidine rings is 1. The molecule has 1 unspecified atom stereocenters. The molecular weight excluding hydrogens is 262 g/mol. The summed E-state index contributed by atoms with van der Waals surface area (Å²) in [6.07, 6.45) is 8.39. The smallest absolute Gasteiger partial charge is 0.246 e. The summed E-state index contributed by atoms with van der Waals surface area (Å²) < 4.78 is 0. The molecule has 1 saturated heterocycles. The van der Waals surface area contributed by atoms with Crippen LogP contribution in [0.15, 0.2) is 54.6 Å². The van der Waals surface area contributed by atoms with Crippen LogP contribution in [0, 0.1) is 5.92 Å². The predicted octanol–water partition coefficient (Wildman–Crippen LogP) is 3.09. The van der Waals surface area contributed by atoms with Crippen LogP contribution >= 0.6 is 0 Å². The third-order valence-electron chi connectivity index (χ3n) is 3.98. The van der Waals surface area contributed by atoms with Crippen LogP contribution in [0.2, 0.25) is 0 Å². The number of aliphatic hydroxyl groups excluding tert-OH is 1. The first-order valence-electron chi connectivity index (χ1n) is 7.53. The van der Waals surface area contributed by atoms with Crippen LogP contribution < -0.4 is 0 Å². The Hall–Kier alpha value is -1.87. The topological polar surface area (TPSA) is 40.5 Å². The molecule has 1 aliphatic heterocycles. The average molecular weight is 285 g/mol. The summed E-state index contributed by atoms with van der Waals surface area (Å²) in [4.78, 5) is 13.8. The molecule has 1 atom stereocenters. The van der Waals surface area contributed by atoms with Gasteiger partial charge in [-0.05, 0) is 31.2 Å². The van der Waals surface area contributed by atoms with Crippen molar-refractivity contribution in [2.24, 2.45) is 5.92 Å². The molecule has 1 N–H and O–H groups in total. The average Bonchev–Trinajstić information content (AvgIpc) is 2.55. The van der Waals surface area contributed by atoms with Crippen LogP contribution in [0.3, 0.4) is 0 Å². The standard InChI is InChI=1S/C18H23NO2/c1-2-3-5-10-17(20)19-13-11-16(12-14-19)18(21)15-8-6-4-7-9-15/h2-10,16,18,21H,11-14H2,1H3. The minimum Gasteiger partial charge on any atom is -0.388 e. The predicted molar refractivity (Wildman–Crippen MR) is 84.7 cm³/mol. The summed E-state index contributed by atoms with van der Waals surface area (Å²) in [5, 5.41) is 10.4. The van der Waals surface area contributed by atoms with Gasteiger partial charge in [0.05, 0.1) is 6.10 Å². The van der Waals surface area contributed by atoms with Crippen molar-refractivity contribution in [3.63, 3.8) is 0 Å². The van der Waals surface area contributed by atoms with Crippen molar-refractivity contribution >= 4 is 5.91 Å². The number of benzene rings is 1. The number of amides is 1. The van der Waals surface area contributed by atoms with Gasteiger partial charge in [0.2, 0.25) is 5.91 Å². The van der Waals surface area contributed by atoms with Crippen molar-refractivity contribution in [3.05, 3.63) is 60.2 Å². The fourth-order valence-electron chi connectivity index (χ4n) is 2.71. The van der Waals surface area contributed by atoms with Gasteiger partial charge in [0.25, 0.3) is 0 Å². The van der Waals surface area contributed by atoms with E-state index in [1.54, 1.807) is 12.2 Å². The second kappa shape index (κ2) is 7.79. The van der Waals surface area contributed by atoms with E-state index in [0.29, 0.717) is 13.1 Å². The molecule has 0 saturated carbocycles. The number of hydrogen-bond acceptors (Lipinski definition) is 2. The van der Waals surface area contributed by atoms with E-state index in [4.69, 9.17) is 0 Å². The molecule has 1 fully saturated rings. The second-order valence-electron chi connectivity index (χ2n) is 5.40. The zero-order valence-corrected chi connectivity index (χ0v) is 12.5. The Bertz CT molecular complexity index is 499. The van der Waals surface area contributed by atoms with E-state index in [0.717, 1.165) is 18.4 Å². The van der Waals surface area contributed by atoms with Crippen LogP contribution in [0.1, 0.15) is 31.4 Å². The molecule has 1 aromatic carbocycles. The lowest BCUT2D eigenvalue weighted by molar-refractivity contribution is -0.128. The van der Waals surface area contributed by atoms with E-state index in [1.165, 1.54) is 0 Å². The quantitative estimate of drug-likeness (QED) is 0.682. The van der Waals surface area contributed by atoms with Crippen LogP contribution in [-0.4, -0.2) is 29.0 Å². The van der Waals surface area contributed by atoms with Crippen LogP contribution in [0.25, 0.3) is 0 Å². The summed E-state index contributed by atoms with van der Waals surface area (Å²) in [6, 6.07) is 9.77. The maximum Gasteiger partial charge on any atom is 0.246 e. The van der Waals surface area contributed by atoms with Gasteiger partial charge >= 0.3 is 0 Å². The Kier molecular flexibility index (Phi) is 5.76. The summed E-state index contributed by atoms with van der Waals surface area (Å²) in [5.74, 6) is 0.289. The zero-order valence-electron chi connectivity index (χ0n) is 12.5. The van der Waals surface area contributed by atoms with Gasteiger partial charge in [-0.15, -0.1) is 0 Å². The van der Waals surface area contributed by atoms with Crippen LogP contribution in [0.5, 0.6) is 0 Å². The SMILES string of the molecule is CC=CC=CC(=O)N1CCC(C(O)c2ccccc2)CC1. The fourth-order valence-corrected chi connectivity index (χ4v) is 2.71. The van der Waals surface area contributed by atoms with Crippen molar-refractivity contribution < 1.29 is 9.90 Å². The molecular formula is C18H23NO2. The third kappa shape index (κ3) is 4.30. The summed E-state index contributed by atoms with van der Waals surface area (Å²) in [7, 11) is 0. The molecule has 0 aliphatic carbocycles. The first kappa shape index (κ1) is 15.5. The van der Waals surface area contributed by atoms with Gasteiger partial charge in [0.15, 0.2) is 0 Å². The Balaban J connectivity index is 1.87. The molecule has 1 aliphatic rings. The molecule has 1 heterocycles. The van der Waals surface area contributed by atoms with Gasteiger partial charge in [-0.1, -0.05) is 48.6 Å². The minimum absolute atomic E-state index is 0.0563. The van der Waals surface area contributed by atoms with Crippen molar-refractivity contribution in [1.82, 2.24) is 4.90 Å². The van der Waals surface area contributed by atoms with Crippen molar-refractivity contribution in [3.8, 4) is 0 Å². The Morgan fingerprint density at radius 3 is 2.52 bits per heavy atom. The van der Waals surface area contributed by atoms with Crippen molar-refractivity contribution in [2.45, 2.75) is 25.9 Å². The highest BCUT2D eigenvalue weighted by molar-refractivity contribution is 5.87. The highest BCUT2D eigenvalue weighted by Crippen LogP contribution is 2.30. The van der Waals surface area contributed by atoms with Crippen molar-refractivity contribution in [2.75, 3.05) is 13.1 Å². The van der Waals surface area contributed by atoms with E-state index < -0.39 is 6.10 Å². The fraction of sp³-hybridized carbons (Fsp3) is 0.389. The molecule has 3 heteroatoms. The molecule has 21 heavy (non-hydrogen) atoms. The number of likely N-dealkylation sites (tertiary alicyclic amines) is 1. The Morgan fingerprint density at radius 2 is 1.90 bits per heavy atom. The molecule has 0 spiro atoms. The monoisotopic (exact) mass is 285 g/mol. The van der Waals surface area contributed by atoms with Crippen molar-refractivity contribution in [1.29, 1.82) is 0 Å². The summed E-state index contributed by atoms with van der Waals surface area (Å²) in [5.41, 5.74) is 0.968. The number of hydrogen-bond donors (Lipinski definition) is 1. The maximum atomic E-state index is 12.0. The lowest BCUT2D eigenvalue weighted by atomic mass is 9.87. The molecule has 2 rings (SSSR count). The first-order valence-corrected chi connectivity index (χ1v) is 7.53. The molecule has 0 aromatic heterocycles. The normalized spacial score (nSPS) is 18.5. The zero-order chi connectivity index (χ0) is 15.1. The molecule has 1 aromatic rings. The number of allylic oxidation sites excluding steroid dienone is 3. The van der Waals surface area contributed by atoms with Gasteiger partial charge in [0, 0.05) is 19.2 Å². The van der Waals surface area contributed by atoms with Crippen LogP contribution in [-0.2, 0) is 4.79 Å². The number of rotatable bonds is 4. The molecule has 1 amide bonds. The Labute approximate surface area is 126 Å². The minimum atomic E-state index is -0.429. The van der Waals surface area contributed by atoms with E-state index in [2.05, 4.69) is 0 Å². The van der Waals surface area contributed by atoms with Gasteiger partial charge in [-0.2, -0.15) is 0 Å². The number of nitrogens with zero attached hydrogens (tertiary/aromatic N) is 1. The van der Waals surface area contributed by atoms with Gasteiger partial charge in [-0.3, -0.25) is 4.79 Å². The van der Waals surface area contributed by atoms with E-state index in [1.807, 2.05) is 54.3 Å².